The van der Waals surface area contributed by atoms with E-state index in [1.165, 1.54) is 35.0 Å². The van der Waals surface area contributed by atoms with Crippen LogP contribution in [0.2, 0.25) is 0 Å². The van der Waals surface area contributed by atoms with Crippen molar-refractivity contribution in [2.75, 3.05) is 13.6 Å². The van der Waals surface area contributed by atoms with Gasteiger partial charge in [-0.25, -0.2) is 4.98 Å². The molecule has 0 aliphatic heterocycles. The zero-order valence-electron chi connectivity index (χ0n) is 13.6. The normalized spacial score (nSPS) is 14.7. The third-order valence-corrected chi connectivity index (χ3v) is 4.75. The van der Waals surface area contributed by atoms with Gasteiger partial charge in [0.2, 0.25) is 0 Å². The Morgan fingerprint density at radius 3 is 2.74 bits per heavy atom. The summed E-state index contributed by atoms with van der Waals surface area (Å²) in [5.41, 5.74) is 5.32. The number of pyridine rings is 1. The lowest BCUT2D eigenvalue weighted by Gasteiger charge is -2.17. The maximum Gasteiger partial charge on any atom is 0.137 e. The van der Waals surface area contributed by atoms with Crippen molar-refractivity contribution in [3.05, 3.63) is 65.5 Å². The molecule has 118 valence electrons. The molecule has 4 rings (SSSR count). The van der Waals surface area contributed by atoms with Crippen molar-refractivity contribution in [2.24, 2.45) is 0 Å². The average molecular weight is 305 g/mol. The van der Waals surface area contributed by atoms with Gasteiger partial charge in [0.15, 0.2) is 0 Å². The predicted molar refractivity (Wildman–Crippen MR) is 94.5 cm³/mol. The number of benzene rings is 1. The van der Waals surface area contributed by atoms with E-state index in [1.807, 2.05) is 12.3 Å². The number of hydrogen-bond donors (Lipinski definition) is 1. The molecule has 3 heteroatoms. The van der Waals surface area contributed by atoms with Gasteiger partial charge in [0, 0.05) is 30.4 Å². The number of H-pyrrole nitrogens is 1. The molecule has 1 saturated carbocycles. The molecule has 0 amide bonds. The molecule has 3 nitrogen and oxygen atoms in total. The minimum Gasteiger partial charge on any atom is -0.343 e. The van der Waals surface area contributed by atoms with Crippen LogP contribution in [0.15, 0.2) is 48.7 Å². The second-order valence-corrected chi connectivity index (χ2v) is 6.66. The first-order valence-electron chi connectivity index (χ1n) is 8.49. The third-order valence-electron chi connectivity index (χ3n) is 4.75. The molecular weight excluding hydrogens is 282 g/mol. The van der Waals surface area contributed by atoms with E-state index in [0.717, 1.165) is 31.1 Å². The van der Waals surface area contributed by atoms with Gasteiger partial charge in [-0.1, -0.05) is 30.3 Å². The summed E-state index contributed by atoms with van der Waals surface area (Å²) >= 11 is 0. The molecule has 1 aliphatic rings. The first kappa shape index (κ1) is 14.5. The molecule has 1 N–H and O–H groups in total. The van der Waals surface area contributed by atoms with Crippen molar-refractivity contribution in [1.29, 1.82) is 0 Å². The van der Waals surface area contributed by atoms with Crippen molar-refractivity contribution in [3.8, 4) is 0 Å². The lowest BCUT2D eigenvalue weighted by atomic mass is 10.1. The Bertz CT molecular complexity index is 787. The van der Waals surface area contributed by atoms with Crippen LogP contribution in [0.4, 0.5) is 0 Å². The molecule has 0 unspecified atom stereocenters. The Labute approximate surface area is 137 Å². The van der Waals surface area contributed by atoms with Crippen molar-refractivity contribution >= 4 is 11.0 Å². The number of likely N-dealkylation sites (N-methyl/N-ethyl adjacent to an activating group) is 1. The van der Waals surface area contributed by atoms with Gasteiger partial charge in [-0.2, -0.15) is 0 Å². The summed E-state index contributed by atoms with van der Waals surface area (Å²) < 4.78 is 0. The summed E-state index contributed by atoms with van der Waals surface area (Å²) in [5.74, 6) is 0.724. The molecule has 0 radical (unpaired) electrons. The smallest absolute Gasteiger partial charge is 0.137 e. The van der Waals surface area contributed by atoms with Gasteiger partial charge in [0.05, 0.1) is 0 Å². The summed E-state index contributed by atoms with van der Waals surface area (Å²) in [7, 11) is 2.22. The number of aromatic amines is 1. The highest BCUT2D eigenvalue weighted by Crippen LogP contribution is 2.43. The average Bonchev–Trinajstić information content (AvgIpc) is 3.37. The van der Waals surface area contributed by atoms with E-state index >= 15 is 0 Å². The van der Waals surface area contributed by atoms with Gasteiger partial charge >= 0.3 is 0 Å². The second kappa shape index (κ2) is 6.17. The summed E-state index contributed by atoms with van der Waals surface area (Å²) in [5, 5.41) is 1.29. The maximum atomic E-state index is 4.50. The molecule has 1 aliphatic carbocycles. The van der Waals surface area contributed by atoms with E-state index in [9.17, 15) is 0 Å². The van der Waals surface area contributed by atoms with Crippen molar-refractivity contribution in [1.82, 2.24) is 14.9 Å². The summed E-state index contributed by atoms with van der Waals surface area (Å²) in [6.07, 6.45) is 5.59. The van der Waals surface area contributed by atoms with E-state index in [4.69, 9.17) is 0 Å². The van der Waals surface area contributed by atoms with Gasteiger partial charge < -0.3 is 9.88 Å². The highest BCUT2D eigenvalue weighted by molar-refractivity contribution is 5.81. The summed E-state index contributed by atoms with van der Waals surface area (Å²) in [6, 6.07) is 15.0. The van der Waals surface area contributed by atoms with Crippen LogP contribution in [0.25, 0.3) is 11.0 Å². The van der Waals surface area contributed by atoms with Crippen LogP contribution in [0.5, 0.6) is 0 Å². The molecule has 23 heavy (non-hydrogen) atoms. The number of nitrogens with zero attached hydrogens (tertiary/aromatic N) is 2. The zero-order valence-corrected chi connectivity index (χ0v) is 13.6. The van der Waals surface area contributed by atoms with Gasteiger partial charge in [0.1, 0.15) is 5.65 Å². The van der Waals surface area contributed by atoms with E-state index in [1.54, 1.807) is 0 Å². The molecule has 2 aromatic heterocycles. The fourth-order valence-corrected chi connectivity index (χ4v) is 3.30. The third kappa shape index (κ3) is 3.15. The van der Waals surface area contributed by atoms with Crippen molar-refractivity contribution < 1.29 is 0 Å². The quantitative estimate of drug-likeness (QED) is 0.743. The first-order chi connectivity index (χ1) is 11.3. The lowest BCUT2D eigenvalue weighted by molar-refractivity contribution is 0.331. The zero-order chi connectivity index (χ0) is 15.6. The molecule has 3 aromatic rings. The largest absolute Gasteiger partial charge is 0.343 e. The number of rotatable bonds is 6. The molecule has 0 bridgehead atoms. The monoisotopic (exact) mass is 305 g/mol. The second-order valence-electron chi connectivity index (χ2n) is 6.66. The van der Waals surface area contributed by atoms with Crippen molar-refractivity contribution in [2.45, 2.75) is 31.7 Å². The summed E-state index contributed by atoms with van der Waals surface area (Å²) in [4.78, 5) is 10.5. The highest BCUT2D eigenvalue weighted by atomic mass is 15.1. The van der Waals surface area contributed by atoms with Crippen LogP contribution in [0.3, 0.4) is 0 Å². The van der Waals surface area contributed by atoms with Crippen LogP contribution in [-0.4, -0.2) is 28.5 Å². The number of hydrogen-bond acceptors (Lipinski definition) is 2. The Balaban J connectivity index is 1.51. The van der Waals surface area contributed by atoms with Crippen LogP contribution >= 0.6 is 0 Å². The number of nitrogens with one attached hydrogen (secondary N) is 1. The SMILES string of the molecule is CN(CCc1ccccc1)Cc1c(C2CC2)[nH]c2ncccc12. The van der Waals surface area contributed by atoms with E-state index in [0.29, 0.717) is 0 Å². The maximum absolute atomic E-state index is 4.50. The topological polar surface area (TPSA) is 31.9 Å². The molecule has 0 atom stereocenters. The van der Waals surface area contributed by atoms with Crippen molar-refractivity contribution in [3.63, 3.8) is 0 Å². The van der Waals surface area contributed by atoms with Gasteiger partial charge in [0.25, 0.3) is 0 Å². The van der Waals surface area contributed by atoms with Crippen LogP contribution in [0.1, 0.15) is 35.6 Å². The Hall–Kier alpha value is -2.13. The minimum absolute atomic E-state index is 0.724. The van der Waals surface area contributed by atoms with Gasteiger partial charge in [-0.05, 0) is 55.5 Å². The van der Waals surface area contributed by atoms with E-state index in [-0.39, 0.29) is 0 Å². The molecule has 1 fully saturated rings. The molecule has 0 saturated heterocycles. The van der Waals surface area contributed by atoms with Gasteiger partial charge in [-0.15, -0.1) is 0 Å². The fraction of sp³-hybridized carbons (Fsp3) is 0.350. The standard InChI is InChI=1S/C20H23N3/c1-23(13-11-15-6-3-2-4-7-15)14-18-17-8-5-12-21-20(17)22-19(18)16-9-10-16/h2-8,12,16H,9-11,13-14H2,1H3,(H,21,22). The lowest BCUT2D eigenvalue weighted by Crippen LogP contribution is -2.21. The Kier molecular flexibility index (Phi) is 3.88. The molecule has 2 heterocycles. The van der Waals surface area contributed by atoms with Crippen LogP contribution in [-0.2, 0) is 13.0 Å². The molecule has 0 spiro atoms. The minimum atomic E-state index is 0.724. The van der Waals surface area contributed by atoms with Crippen LogP contribution < -0.4 is 0 Å². The molecular formula is C20H23N3. The number of fused-ring (bicyclic) bond motifs is 1. The van der Waals surface area contributed by atoms with Gasteiger partial charge in [-0.3, -0.25) is 0 Å². The Morgan fingerprint density at radius 2 is 1.96 bits per heavy atom. The fourth-order valence-electron chi connectivity index (χ4n) is 3.30. The van der Waals surface area contributed by atoms with E-state index < -0.39 is 0 Å². The summed E-state index contributed by atoms with van der Waals surface area (Å²) in [6.45, 7) is 2.06. The predicted octanol–water partition coefficient (Wildman–Crippen LogP) is 4.11. The Morgan fingerprint density at radius 1 is 1.13 bits per heavy atom. The van der Waals surface area contributed by atoms with E-state index in [2.05, 4.69) is 58.3 Å². The molecule has 1 aromatic carbocycles. The highest BCUT2D eigenvalue weighted by Gasteiger charge is 2.29. The first-order valence-corrected chi connectivity index (χ1v) is 8.49. The van der Waals surface area contributed by atoms with Crippen LogP contribution in [0, 0.1) is 0 Å². The number of aromatic nitrogens is 2.